The Labute approximate surface area is 136 Å². The van der Waals surface area contributed by atoms with Gasteiger partial charge < -0.3 is 14.2 Å². The summed E-state index contributed by atoms with van der Waals surface area (Å²) in [5.74, 6) is 1.85. The number of amides is 1. The molecule has 0 saturated heterocycles. The van der Waals surface area contributed by atoms with Gasteiger partial charge in [-0.05, 0) is 12.5 Å². The van der Waals surface area contributed by atoms with Crippen molar-refractivity contribution >= 4 is 5.91 Å². The first-order valence-electron chi connectivity index (χ1n) is 8.04. The molecule has 0 radical (unpaired) electrons. The molecule has 0 saturated carbocycles. The zero-order chi connectivity index (χ0) is 16.2. The zero-order valence-electron chi connectivity index (χ0n) is 13.6. The van der Waals surface area contributed by atoms with Gasteiger partial charge in [0.25, 0.3) is 5.91 Å². The minimum absolute atomic E-state index is 0.00762. The molecular weight excluding hydrogens is 292 g/mol. The van der Waals surface area contributed by atoms with Crippen molar-refractivity contribution in [3.05, 3.63) is 47.5 Å². The van der Waals surface area contributed by atoms with E-state index >= 15 is 0 Å². The number of rotatable bonds is 5. The number of carbonyl (C=O) groups is 1. The van der Waals surface area contributed by atoms with Crippen molar-refractivity contribution < 1.29 is 9.53 Å². The van der Waals surface area contributed by atoms with E-state index in [1.54, 1.807) is 4.90 Å². The van der Waals surface area contributed by atoms with Gasteiger partial charge in [-0.1, -0.05) is 37.3 Å². The molecule has 122 valence electrons. The number of carbonyl (C=O) groups excluding carboxylic acids is 1. The quantitative estimate of drug-likeness (QED) is 0.844. The van der Waals surface area contributed by atoms with Gasteiger partial charge in [-0.15, -0.1) is 10.2 Å². The Kier molecular flexibility index (Phi) is 4.71. The molecule has 0 aliphatic carbocycles. The van der Waals surface area contributed by atoms with Crippen LogP contribution in [0, 0.1) is 0 Å². The van der Waals surface area contributed by atoms with Gasteiger partial charge in [0.1, 0.15) is 11.9 Å². The molecule has 1 aromatic carbocycles. The topological polar surface area (TPSA) is 60.2 Å². The maximum atomic E-state index is 12.5. The number of hydrogen-bond donors (Lipinski definition) is 0. The largest absolute Gasteiger partial charge is 0.364 e. The molecule has 6 nitrogen and oxygen atoms in total. The minimum Gasteiger partial charge on any atom is -0.364 e. The van der Waals surface area contributed by atoms with Crippen molar-refractivity contribution in [2.24, 2.45) is 0 Å². The summed E-state index contributed by atoms with van der Waals surface area (Å²) in [5, 5.41) is 8.37. The number of hydrogen-bond acceptors (Lipinski definition) is 4. The van der Waals surface area contributed by atoms with Crippen LogP contribution >= 0.6 is 0 Å². The highest BCUT2D eigenvalue weighted by atomic mass is 16.5. The smallest absolute Gasteiger partial charge is 0.251 e. The summed E-state index contributed by atoms with van der Waals surface area (Å²) < 4.78 is 7.83. The monoisotopic (exact) mass is 314 g/mol. The van der Waals surface area contributed by atoms with Crippen molar-refractivity contribution in [2.75, 3.05) is 6.54 Å². The molecule has 1 aliphatic heterocycles. The first-order valence-corrected chi connectivity index (χ1v) is 8.04. The van der Waals surface area contributed by atoms with Crippen LogP contribution in [0.2, 0.25) is 0 Å². The van der Waals surface area contributed by atoms with Crippen LogP contribution < -0.4 is 0 Å². The van der Waals surface area contributed by atoms with Gasteiger partial charge >= 0.3 is 0 Å². The molecule has 0 spiro atoms. The zero-order valence-corrected chi connectivity index (χ0v) is 13.6. The van der Waals surface area contributed by atoms with Gasteiger partial charge in [0, 0.05) is 19.5 Å². The molecule has 1 amide bonds. The molecule has 1 atom stereocenters. The lowest BCUT2D eigenvalue weighted by atomic mass is 10.2. The van der Waals surface area contributed by atoms with Crippen LogP contribution in [0.5, 0.6) is 0 Å². The molecule has 3 rings (SSSR count). The fourth-order valence-electron chi connectivity index (χ4n) is 2.79. The third-order valence-electron chi connectivity index (χ3n) is 4.15. The van der Waals surface area contributed by atoms with Crippen LogP contribution in [0.25, 0.3) is 0 Å². The highest BCUT2D eigenvalue weighted by Crippen LogP contribution is 2.15. The van der Waals surface area contributed by atoms with Crippen molar-refractivity contribution in [3.63, 3.8) is 0 Å². The molecule has 1 aliphatic rings. The second-order valence-electron chi connectivity index (χ2n) is 5.74. The fourth-order valence-corrected chi connectivity index (χ4v) is 2.79. The average Bonchev–Trinajstić information content (AvgIpc) is 3.02. The second-order valence-corrected chi connectivity index (χ2v) is 5.74. The standard InChI is InChI=1S/C17H22N4O2/c1-3-15-18-19-16-11-20(9-10-21(15)16)17(22)13(2)23-12-14-7-5-4-6-8-14/h4-8,13H,3,9-12H2,1-2H3/t13-/m1/s1. The lowest BCUT2D eigenvalue weighted by Crippen LogP contribution is -2.43. The molecule has 23 heavy (non-hydrogen) atoms. The van der Waals surface area contributed by atoms with E-state index in [-0.39, 0.29) is 5.91 Å². The van der Waals surface area contributed by atoms with Gasteiger partial charge in [-0.2, -0.15) is 0 Å². The predicted octanol–water partition coefficient (Wildman–Crippen LogP) is 1.79. The molecule has 2 aromatic rings. The molecular formula is C17H22N4O2. The molecule has 0 bridgehead atoms. The molecule has 1 aromatic heterocycles. The van der Waals surface area contributed by atoms with E-state index in [1.165, 1.54) is 0 Å². The van der Waals surface area contributed by atoms with Crippen molar-refractivity contribution in [1.82, 2.24) is 19.7 Å². The number of aromatic nitrogens is 3. The van der Waals surface area contributed by atoms with Gasteiger partial charge in [0.05, 0.1) is 13.2 Å². The maximum Gasteiger partial charge on any atom is 0.251 e. The highest BCUT2D eigenvalue weighted by Gasteiger charge is 2.27. The minimum atomic E-state index is -0.463. The van der Waals surface area contributed by atoms with Gasteiger partial charge in [0.15, 0.2) is 5.82 Å². The summed E-state index contributed by atoms with van der Waals surface area (Å²) in [7, 11) is 0. The summed E-state index contributed by atoms with van der Waals surface area (Å²) >= 11 is 0. The average molecular weight is 314 g/mol. The molecule has 2 heterocycles. The van der Waals surface area contributed by atoms with E-state index in [9.17, 15) is 4.79 Å². The summed E-state index contributed by atoms with van der Waals surface area (Å²) in [6.45, 7) is 6.25. The molecule has 0 fully saturated rings. The summed E-state index contributed by atoms with van der Waals surface area (Å²) in [6.07, 6.45) is 0.396. The van der Waals surface area contributed by atoms with E-state index in [0.29, 0.717) is 19.7 Å². The number of aryl methyl sites for hydroxylation is 1. The first kappa shape index (κ1) is 15.7. The lowest BCUT2D eigenvalue weighted by Gasteiger charge is -2.29. The van der Waals surface area contributed by atoms with Crippen LogP contribution in [0.4, 0.5) is 0 Å². The normalized spacial score (nSPS) is 15.3. The number of benzene rings is 1. The summed E-state index contributed by atoms with van der Waals surface area (Å²) in [5.41, 5.74) is 1.07. The van der Waals surface area contributed by atoms with Crippen LogP contribution in [-0.2, 0) is 35.6 Å². The number of fused-ring (bicyclic) bond motifs is 1. The third kappa shape index (κ3) is 3.42. The number of ether oxygens (including phenoxy) is 1. The SMILES string of the molecule is CCc1nnc2n1CCN(C(=O)[C@@H](C)OCc1ccccc1)C2. The van der Waals surface area contributed by atoms with Crippen molar-refractivity contribution in [2.45, 2.75) is 46.1 Å². The van der Waals surface area contributed by atoms with Crippen LogP contribution in [0.1, 0.15) is 31.1 Å². The lowest BCUT2D eigenvalue weighted by molar-refractivity contribution is -0.145. The first-order chi connectivity index (χ1) is 11.2. The van der Waals surface area contributed by atoms with Gasteiger partial charge in [-0.3, -0.25) is 4.79 Å². The Hall–Kier alpha value is -2.21. The Morgan fingerprint density at radius 1 is 1.26 bits per heavy atom. The van der Waals surface area contributed by atoms with Crippen LogP contribution in [0.3, 0.4) is 0 Å². The van der Waals surface area contributed by atoms with E-state index in [0.717, 1.165) is 30.2 Å². The summed E-state index contributed by atoms with van der Waals surface area (Å²) in [6, 6.07) is 9.88. The fraction of sp³-hybridized carbons (Fsp3) is 0.471. The highest BCUT2D eigenvalue weighted by molar-refractivity contribution is 5.80. The number of nitrogens with zero attached hydrogens (tertiary/aromatic N) is 4. The van der Waals surface area contributed by atoms with Crippen molar-refractivity contribution in [1.29, 1.82) is 0 Å². The molecule has 0 N–H and O–H groups in total. The van der Waals surface area contributed by atoms with Crippen LogP contribution in [-0.4, -0.2) is 38.2 Å². The van der Waals surface area contributed by atoms with Crippen LogP contribution in [0.15, 0.2) is 30.3 Å². The van der Waals surface area contributed by atoms with E-state index < -0.39 is 6.10 Å². The molecule has 6 heteroatoms. The predicted molar refractivity (Wildman–Crippen MR) is 85.5 cm³/mol. The van der Waals surface area contributed by atoms with E-state index in [4.69, 9.17) is 4.74 Å². The van der Waals surface area contributed by atoms with Gasteiger partial charge in [-0.25, -0.2) is 0 Å². The Morgan fingerprint density at radius 3 is 2.78 bits per heavy atom. The van der Waals surface area contributed by atoms with Crippen molar-refractivity contribution in [3.8, 4) is 0 Å². The van der Waals surface area contributed by atoms with E-state index in [2.05, 4.69) is 21.7 Å². The Bertz CT molecular complexity index is 668. The second kappa shape index (κ2) is 6.91. The van der Waals surface area contributed by atoms with E-state index in [1.807, 2.05) is 37.3 Å². The molecule has 0 unspecified atom stereocenters. The Morgan fingerprint density at radius 2 is 2.04 bits per heavy atom. The Balaban J connectivity index is 1.58. The third-order valence-corrected chi connectivity index (χ3v) is 4.15. The van der Waals surface area contributed by atoms with Gasteiger partial charge in [0.2, 0.25) is 0 Å². The summed E-state index contributed by atoms with van der Waals surface area (Å²) in [4.78, 5) is 14.4. The maximum absolute atomic E-state index is 12.5.